The Morgan fingerprint density at radius 2 is 2.23 bits per heavy atom. The lowest BCUT2D eigenvalue weighted by Gasteiger charge is -2.38. The summed E-state index contributed by atoms with van der Waals surface area (Å²) >= 11 is 4.99. The molecule has 2 aliphatic heterocycles. The molecule has 0 spiro atoms. The molecule has 2 N–H and O–H groups in total. The molecule has 4 rings (SSSR count). The van der Waals surface area contributed by atoms with Crippen LogP contribution in [0.1, 0.15) is 29.7 Å². The number of benzene rings is 1. The van der Waals surface area contributed by atoms with Crippen molar-refractivity contribution in [2.75, 3.05) is 39.5 Å². The van der Waals surface area contributed by atoms with Gasteiger partial charge in [0.1, 0.15) is 17.0 Å². The van der Waals surface area contributed by atoms with Gasteiger partial charge in [0.25, 0.3) is 0 Å². The van der Waals surface area contributed by atoms with Gasteiger partial charge in [-0.25, -0.2) is 14.2 Å². The lowest BCUT2D eigenvalue weighted by Crippen LogP contribution is -2.48. The molecule has 166 valence electrons. The zero-order valence-electron chi connectivity index (χ0n) is 17.1. The van der Waals surface area contributed by atoms with E-state index in [4.69, 9.17) is 9.47 Å². The van der Waals surface area contributed by atoms with Gasteiger partial charge in [-0.15, -0.1) is 11.3 Å². The topological polar surface area (TPSA) is 75.7 Å². The first-order valence-electron chi connectivity index (χ1n) is 10.1. The second-order valence-electron chi connectivity index (χ2n) is 7.21. The predicted octanol–water partition coefficient (Wildman–Crippen LogP) is 3.13. The second kappa shape index (κ2) is 10.2. The quantitative estimate of drug-likeness (QED) is 0.578. The van der Waals surface area contributed by atoms with Crippen LogP contribution in [0.2, 0.25) is 0 Å². The Bertz CT molecular complexity index is 950. The molecule has 1 unspecified atom stereocenters. The Kier molecular flexibility index (Phi) is 7.34. The molecular weight excluding hydrogens is 487 g/mol. The normalized spacial score (nSPS) is 22.3. The summed E-state index contributed by atoms with van der Waals surface area (Å²) in [6.07, 6.45) is 1.45. The minimum atomic E-state index is -0.500. The van der Waals surface area contributed by atoms with Gasteiger partial charge in [0, 0.05) is 41.4 Å². The Hall–Kier alpha value is -1.85. The van der Waals surface area contributed by atoms with E-state index in [1.54, 1.807) is 19.2 Å². The van der Waals surface area contributed by atoms with E-state index >= 15 is 0 Å². The van der Waals surface area contributed by atoms with Crippen LogP contribution in [0.3, 0.4) is 0 Å². The highest BCUT2D eigenvalue weighted by Gasteiger charge is 2.37. The minimum absolute atomic E-state index is 0.264. The van der Waals surface area contributed by atoms with Crippen LogP contribution in [0, 0.1) is 5.82 Å². The molecule has 0 radical (unpaired) electrons. The number of nitrogens with one attached hydrogen (secondary N) is 2. The Morgan fingerprint density at radius 1 is 1.42 bits per heavy atom. The number of nitrogens with zero attached hydrogens (tertiary/aromatic N) is 2. The molecule has 7 nitrogen and oxygen atoms in total. The molecule has 3 heterocycles. The van der Waals surface area contributed by atoms with Crippen LogP contribution in [0.4, 0.5) is 4.39 Å². The van der Waals surface area contributed by atoms with Gasteiger partial charge in [0.15, 0.2) is 0 Å². The van der Waals surface area contributed by atoms with Crippen LogP contribution in [0.5, 0.6) is 0 Å². The first kappa shape index (κ1) is 22.3. The fraction of sp³-hybridized carbons (Fsp3) is 0.429. The van der Waals surface area contributed by atoms with E-state index in [1.165, 1.54) is 23.5 Å². The summed E-state index contributed by atoms with van der Waals surface area (Å²) in [7, 11) is 0. The molecule has 2 atom stereocenters. The maximum Gasteiger partial charge on any atom is 0.337 e. The van der Waals surface area contributed by atoms with Gasteiger partial charge in [0.2, 0.25) is 0 Å². The molecule has 1 saturated heterocycles. The predicted molar refractivity (Wildman–Crippen MR) is 119 cm³/mol. The lowest BCUT2D eigenvalue weighted by atomic mass is 9.93. The average molecular weight is 511 g/mol. The van der Waals surface area contributed by atoms with E-state index in [1.807, 2.05) is 5.38 Å². The summed E-state index contributed by atoms with van der Waals surface area (Å²) in [6, 6.07) is 3.99. The van der Waals surface area contributed by atoms with Crippen molar-refractivity contribution in [1.29, 1.82) is 0 Å². The van der Waals surface area contributed by atoms with Gasteiger partial charge < -0.3 is 14.8 Å². The molecule has 1 fully saturated rings. The van der Waals surface area contributed by atoms with E-state index in [-0.39, 0.29) is 18.6 Å². The van der Waals surface area contributed by atoms with E-state index in [0.29, 0.717) is 29.8 Å². The van der Waals surface area contributed by atoms with Crippen molar-refractivity contribution in [3.05, 3.63) is 61.9 Å². The highest BCUT2D eigenvalue weighted by atomic mass is 79.9. The average Bonchev–Trinajstić information content (AvgIpc) is 3.29. The highest BCUT2D eigenvalue weighted by Crippen LogP contribution is 2.36. The van der Waals surface area contributed by atoms with E-state index in [2.05, 4.69) is 36.4 Å². The third-order valence-corrected chi connectivity index (χ3v) is 6.75. The van der Waals surface area contributed by atoms with Gasteiger partial charge in [-0.05, 0) is 24.6 Å². The summed E-state index contributed by atoms with van der Waals surface area (Å²) in [6.45, 7) is 5.47. The first-order valence-corrected chi connectivity index (χ1v) is 11.8. The summed E-state index contributed by atoms with van der Waals surface area (Å²) in [5, 5.41) is 9.70. The van der Waals surface area contributed by atoms with Crippen LogP contribution in [0.15, 0.2) is 45.5 Å². The van der Waals surface area contributed by atoms with Gasteiger partial charge in [-0.3, -0.25) is 10.2 Å². The molecule has 0 amide bonds. The second-order valence-corrected chi connectivity index (χ2v) is 8.99. The highest BCUT2D eigenvalue weighted by molar-refractivity contribution is 9.10. The number of halogens is 2. The molecule has 0 aliphatic carbocycles. The molecule has 0 saturated carbocycles. The maximum atomic E-state index is 13.8. The SMILES string of the molecule is CCOC(=O)C1=C(CN2CCOCC2)NC(c2nccs2)N[C@H]1c1ccc(F)cc1Br. The van der Waals surface area contributed by atoms with Gasteiger partial charge in [0.05, 0.1) is 31.4 Å². The fourth-order valence-corrected chi connectivity index (χ4v) is 5.00. The van der Waals surface area contributed by atoms with E-state index in [9.17, 15) is 9.18 Å². The van der Waals surface area contributed by atoms with Crippen LogP contribution in [0.25, 0.3) is 0 Å². The number of hydrogen-bond acceptors (Lipinski definition) is 8. The van der Waals surface area contributed by atoms with Crippen molar-refractivity contribution < 1.29 is 18.7 Å². The van der Waals surface area contributed by atoms with E-state index < -0.39 is 12.0 Å². The molecule has 31 heavy (non-hydrogen) atoms. The maximum absolute atomic E-state index is 13.8. The number of hydrogen-bond donors (Lipinski definition) is 2. The fourth-order valence-electron chi connectivity index (χ4n) is 3.77. The number of carbonyl (C=O) groups excluding carboxylic acids is 1. The Balaban J connectivity index is 1.78. The minimum Gasteiger partial charge on any atom is -0.463 e. The van der Waals surface area contributed by atoms with Crippen LogP contribution >= 0.6 is 27.3 Å². The number of morpholine rings is 1. The van der Waals surface area contributed by atoms with Crippen LogP contribution in [-0.4, -0.2) is 55.3 Å². The third-order valence-electron chi connectivity index (χ3n) is 5.22. The lowest BCUT2D eigenvalue weighted by molar-refractivity contribution is -0.139. The van der Waals surface area contributed by atoms with Crippen molar-refractivity contribution >= 4 is 33.2 Å². The monoisotopic (exact) mass is 510 g/mol. The largest absolute Gasteiger partial charge is 0.463 e. The summed E-state index contributed by atoms with van der Waals surface area (Å²) in [5.74, 6) is -0.749. The first-order chi connectivity index (χ1) is 15.1. The van der Waals surface area contributed by atoms with Gasteiger partial charge in [-0.2, -0.15) is 0 Å². The van der Waals surface area contributed by atoms with Gasteiger partial charge in [-0.1, -0.05) is 22.0 Å². The number of rotatable bonds is 6. The van der Waals surface area contributed by atoms with Crippen molar-refractivity contribution in [3.8, 4) is 0 Å². The van der Waals surface area contributed by atoms with Crippen molar-refractivity contribution in [2.24, 2.45) is 0 Å². The Morgan fingerprint density at radius 3 is 2.90 bits per heavy atom. The van der Waals surface area contributed by atoms with Gasteiger partial charge >= 0.3 is 5.97 Å². The van der Waals surface area contributed by atoms with Crippen molar-refractivity contribution in [3.63, 3.8) is 0 Å². The zero-order valence-corrected chi connectivity index (χ0v) is 19.5. The van der Waals surface area contributed by atoms with E-state index in [0.717, 1.165) is 29.4 Å². The number of carbonyl (C=O) groups is 1. The number of thiazole rings is 1. The Labute approximate surface area is 192 Å². The number of aromatic nitrogens is 1. The molecule has 10 heteroatoms. The molecule has 0 bridgehead atoms. The van der Waals surface area contributed by atoms with Crippen molar-refractivity contribution in [1.82, 2.24) is 20.5 Å². The molecule has 2 aromatic rings. The molecular formula is C21H24BrFN4O3S. The zero-order chi connectivity index (χ0) is 21.8. The standard InChI is InChI=1S/C21H24BrFN4O3S/c1-2-30-21(28)17-16(12-27-6-8-29-9-7-27)25-19(20-24-5-10-31-20)26-18(17)14-4-3-13(23)11-15(14)22/h3-5,10-11,18-19,25-26H,2,6-9,12H2,1H3/t18-,19?/m0/s1. The summed E-state index contributed by atoms with van der Waals surface area (Å²) in [4.78, 5) is 19.8. The van der Waals surface area contributed by atoms with Crippen molar-refractivity contribution in [2.45, 2.75) is 19.1 Å². The third kappa shape index (κ3) is 5.15. The van der Waals surface area contributed by atoms with Crippen LogP contribution < -0.4 is 10.6 Å². The summed E-state index contributed by atoms with van der Waals surface area (Å²) in [5.41, 5.74) is 2.03. The molecule has 1 aromatic heterocycles. The molecule has 2 aliphatic rings. The smallest absolute Gasteiger partial charge is 0.337 e. The molecule has 1 aromatic carbocycles. The van der Waals surface area contributed by atoms with Crippen LogP contribution in [-0.2, 0) is 14.3 Å². The summed E-state index contributed by atoms with van der Waals surface area (Å²) < 4.78 is 25.3. The number of esters is 1. The number of ether oxygens (including phenoxy) is 2.